The fourth-order valence-corrected chi connectivity index (χ4v) is 3.20. The van der Waals surface area contributed by atoms with Crippen molar-refractivity contribution in [3.8, 4) is 0 Å². The van der Waals surface area contributed by atoms with Crippen molar-refractivity contribution in [1.29, 1.82) is 0 Å². The summed E-state index contributed by atoms with van der Waals surface area (Å²) < 4.78 is 0. The minimum atomic E-state index is -1.16. The maximum Gasteiger partial charge on any atom is 0.346 e. The first-order valence-electron chi connectivity index (χ1n) is 5.66. The highest BCUT2D eigenvalue weighted by molar-refractivity contribution is 8.00. The van der Waals surface area contributed by atoms with Crippen LogP contribution in [0.25, 0.3) is 0 Å². The normalized spacial score (nSPS) is 18.9. The van der Waals surface area contributed by atoms with Gasteiger partial charge in [0.2, 0.25) is 5.91 Å². The highest BCUT2D eigenvalue weighted by Gasteiger charge is 2.32. The van der Waals surface area contributed by atoms with Crippen LogP contribution in [0.3, 0.4) is 0 Å². The summed E-state index contributed by atoms with van der Waals surface area (Å²) in [6, 6.07) is 0. The Kier molecular flexibility index (Phi) is 3.61. The molecule has 0 radical (unpaired) electrons. The Labute approximate surface area is 113 Å². The number of nitrogens with zero attached hydrogens (tertiary/aromatic N) is 2. The van der Waals surface area contributed by atoms with E-state index >= 15 is 0 Å². The van der Waals surface area contributed by atoms with Gasteiger partial charge >= 0.3 is 11.7 Å². The number of H-pyrrole nitrogens is 1. The first-order valence-corrected chi connectivity index (χ1v) is 6.54. The lowest BCUT2D eigenvalue weighted by Gasteiger charge is -2.11. The van der Waals surface area contributed by atoms with Gasteiger partial charge in [0.15, 0.2) is 0 Å². The average molecular weight is 283 g/mol. The number of hydrogen-bond donors (Lipinski definition) is 2. The number of aryl methyl sites for hydroxylation is 1. The smallest absolute Gasteiger partial charge is 0.346 e. The van der Waals surface area contributed by atoms with Crippen LogP contribution < -0.4 is 5.69 Å². The number of nitrogens with one attached hydrogen (secondary N) is 1. The molecule has 1 aliphatic heterocycles. The first-order chi connectivity index (χ1) is 8.90. The molecule has 7 nitrogen and oxygen atoms in total. The monoisotopic (exact) mass is 283 g/mol. The van der Waals surface area contributed by atoms with Crippen LogP contribution in [0.4, 0.5) is 0 Å². The van der Waals surface area contributed by atoms with Gasteiger partial charge in [-0.15, -0.1) is 0 Å². The summed E-state index contributed by atoms with van der Waals surface area (Å²) in [6.07, 6.45) is 0.618. The van der Waals surface area contributed by atoms with Crippen molar-refractivity contribution in [1.82, 2.24) is 14.9 Å². The molecular formula is C11H13N3O4S. The second-order valence-corrected chi connectivity index (χ2v) is 5.50. The van der Waals surface area contributed by atoms with Crippen LogP contribution in [0.5, 0.6) is 0 Å². The number of carbonyl (C=O) groups excluding carboxylic acids is 1. The molecule has 2 N–H and O–H groups in total. The van der Waals surface area contributed by atoms with E-state index in [1.807, 2.05) is 0 Å². The molecule has 0 aliphatic carbocycles. The predicted molar refractivity (Wildman–Crippen MR) is 68.5 cm³/mol. The highest BCUT2D eigenvalue weighted by Crippen LogP contribution is 2.31. The van der Waals surface area contributed by atoms with Gasteiger partial charge in [0.25, 0.3) is 0 Å². The molecule has 102 valence electrons. The summed E-state index contributed by atoms with van der Waals surface area (Å²) in [5.41, 5.74) is -0.412. The molecule has 2 heterocycles. The Morgan fingerprint density at radius 2 is 2.21 bits per heavy atom. The van der Waals surface area contributed by atoms with Gasteiger partial charge in [0.1, 0.15) is 10.6 Å². The molecular weight excluding hydrogens is 270 g/mol. The van der Waals surface area contributed by atoms with E-state index in [2.05, 4.69) is 9.97 Å². The van der Waals surface area contributed by atoms with E-state index in [4.69, 9.17) is 5.11 Å². The largest absolute Gasteiger partial charge is 0.478 e. The lowest BCUT2D eigenvalue weighted by Crippen LogP contribution is -2.25. The van der Waals surface area contributed by atoms with Gasteiger partial charge in [-0.2, -0.15) is 4.98 Å². The zero-order valence-electron chi connectivity index (χ0n) is 10.5. The number of aromatic amines is 1. The number of rotatable bonds is 3. The van der Waals surface area contributed by atoms with Gasteiger partial charge < -0.3 is 15.0 Å². The van der Waals surface area contributed by atoms with E-state index in [0.717, 1.165) is 11.8 Å². The van der Waals surface area contributed by atoms with Crippen molar-refractivity contribution < 1.29 is 14.7 Å². The predicted octanol–water partition coefficient (Wildman–Crippen LogP) is 0.0993. The van der Waals surface area contributed by atoms with E-state index in [9.17, 15) is 14.4 Å². The van der Waals surface area contributed by atoms with Gasteiger partial charge in [0, 0.05) is 19.3 Å². The quantitative estimate of drug-likeness (QED) is 0.762. The Morgan fingerprint density at radius 1 is 1.53 bits per heavy atom. The van der Waals surface area contributed by atoms with E-state index in [0.29, 0.717) is 13.0 Å². The fourth-order valence-electron chi connectivity index (χ4n) is 1.93. The zero-order chi connectivity index (χ0) is 14.2. The molecule has 2 rings (SSSR count). The average Bonchev–Trinajstić information content (AvgIpc) is 2.59. The maximum atomic E-state index is 11.8. The number of likely N-dealkylation sites (tertiary alicyclic amines) is 1. The fraction of sp³-hybridized carbons (Fsp3) is 0.455. The summed E-state index contributed by atoms with van der Waals surface area (Å²) in [6.45, 7) is 2.13. The Hall–Kier alpha value is -1.83. The molecule has 1 atom stereocenters. The van der Waals surface area contributed by atoms with E-state index < -0.39 is 11.7 Å². The minimum absolute atomic E-state index is 0.0491. The Bertz CT molecular complexity index is 598. The maximum absolute atomic E-state index is 11.8. The number of hydrogen-bond acceptors (Lipinski definition) is 5. The summed E-state index contributed by atoms with van der Waals surface area (Å²) in [5, 5.41) is 8.88. The summed E-state index contributed by atoms with van der Waals surface area (Å²) in [4.78, 5) is 42.0. The summed E-state index contributed by atoms with van der Waals surface area (Å²) in [7, 11) is 1.69. The van der Waals surface area contributed by atoms with Gasteiger partial charge in [0.05, 0.1) is 5.25 Å². The number of aromatic carboxylic acids is 1. The molecule has 19 heavy (non-hydrogen) atoms. The number of aromatic nitrogens is 2. The zero-order valence-corrected chi connectivity index (χ0v) is 11.3. The second kappa shape index (κ2) is 5.04. The molecule has 1 aromatic rings. The number of carbonyl (C=O) groups is 2. The molecule has 1 amide bonds. The number of carboxylic acid groups (broad SMARTS) is 1. The third kappa shape index (κ3) is 2.62. The molecule has 1 unspecified atom stereocenters. The van der Waals surface area contributed by atoms with Crippen LogP contribution in [0.15, 0.2) is 9.82 Å². The molecule has 1 aromatic heterocycles. The second-order valence-electron chi connectivity index (χ2n) is 4.31. The van der Waals surface area contributed by atoms with Crippen LogP contribution in [-0.4, -0.2) is 50.7 Å². The van der Waals surface area contributed by atoms with Crippen LogP contribution in [0, 0.1) is 6.92 Å². The third-order valence-corrected chi connectivity index (χ3v) is 4.17. The molecule has 0 spiro atoms. The number of thioether (sulfide) groups is 1. The SMILES string of the molecule is Cc1[nH]c(=O)nc(SC2CCN(C)C2=O)c1C(=O)O. The van der Waals surface area contributed by atoms with Crippen LogP contribution >= 0.6 is 11.8 Å². The van der Waals surface area contributed by atoms with Crippen LogP contribution in [0.2, 0.25) is 0 Å². The Balaban J connectivity index is 2.37. The minimum Gasteiger partial charge on any atom is -0.478 e. The summed E-state index contributed by atoms with van der Waals surface area (Å²) >= 11 is 1.04. The van der Waals surface area contributed by atoms with Crippen molar-refractivity contribution in [3.63, 3.8) is 0 Å². The molecule has 1 aliphatic rings. The number of carboxylic acids is 1. The van der Waals surface area contributed by atoms with Crippen molar-refractivity contribution in [2.24, 2.45) is 0 Å². The molecule has 1 fully saturated rings. The van der Waals surface area contributed by atoms with Crippen molar-refractivity contribution in [2.75, 3.05) is 13.6 Å². The molecule has 0 bridgehead atoms. The van der Waals surface area contributed by atoms with E-state index in [-0.39, 0.29) is 27.4 Å². The topological polar surface area (TPSA) is 103 Å². The lowest BCUT2D eigenvalue weighted by atomic mass is 10.2. The standard InChI is InChI=1S/C11H13N3O4S/c1-5-7(10(16)17)8(13-11(18)12-5)19-6-3-4-14(2)9(6)15/h6H,3-4H2,1-2H3,(H,16,17)(H,12,13,18). The number of amides is 1. The van der Waals surface area contributed by atoms with Crippen molar-refractivity contribution in [3.05, 3.63) is 21.7 Å². The first kappa shape index (κ1) is 13.6. The molecule has 0 aromatic carbocycles. The molecule has 1 saturated heterocycles. The highest BCUT2D eigenvalue weighted by atomic mass is 32.2. The third-order valence-electron chi connectivity index (χ3n) is 2.93. The van der Waals surface area contributed by atoms with E-state index in [1.54, 1.807) is 11.9 Å². The van der Waals surface area contributed by atoms with Gasteiger partial charge in [-0.05, 0) is 13.3 Å². The van der Waals surface area contributed by atoms with E-state index in [1.165, 1.54) is 6.92 Å². The molecule has 0 saturated carbocycles. The summed E-state index contributed by atoms with van der Waals surface area (Å²) in [5.74, 6) is -1.23. The van der Waals surface area contributed by atoms with Gasteiger partial charge in [-0.3, -0.25) is 4.79 Å². The molecule has 8 heteroatoms. The van der Waals surface area contributed by atoms with Crippen LogP contribution in [-0.2, 0) is 4.79 Å². The Morgan fingerprint density at radius 3 is 2.74 bits per heavy atom. The van der Waals surface area contributed by atoms with Gasteiger partial charge in [-0.1, -0.05) is 11.8 Å². The lowest BCUT2D eigenvalue weighted by molar-refractivity contribution is -0.126. The van der Waals surface area contributed by atoms with Gasteiger partial charge in [-0.25, -0.2) is 9.59 Å². The van der Waals surface area contributed by atoms with Crippen molar-refractivity contribution in [2.45, 2.75) is 23.6 Å². The van der Waals surface area contributed by atoms with Crippen molar-refractivity contribution >= 4 is 23.6 Å². The van der Waals surface area contributed by atoms with Crippen LogP contribution in [0.1, 0.15) is 22.5 Å².